The SMILES string of the molecule is C[C@H](C(=O)OCCN(C)C)c1ccc(-c2ccccc2)c(F)c1. The molecule has 0 amide bonds. The van der Waals surface area contributed by atoms with Crippen molar-refractivity contribution in [2.45, 2.75) is 12.8 Å². The molecule has 122 valence electrons. The molecule has 0 saturated carbocycles. The van der Waals surface area contributed by atoms with Crippen LogP contribution in [0.4, 0.5) is 4.39 Å². The summed E-state index contributed by atoms with van der Waals surface area (Å²) in [5.74, 6) is -1.16. The maximum atomic E-state index is 14.4. The number of esters is 1. The van der Waals surface area contributed by atoms with Gasteiger partial charge in [0.15, 0.2) is 0 Å². The van der Waals surface area contributed by atoms with Crippen LogP contribution in [-0.2, 0) is 9.53 Å². The predicted molar refractivity (Wildman–Crippen MR) is 89.8 cm³/mol. The smallest absolute Gasteiger partial charge is 0.313 e. The monoisotopic (exact) mass is 315 g/mol. The molecule has 0 aliphatic carbocycles. The van der Waals surface area contributed by atoms with E-state index in [0.29, 0.717) is 24.3 Å². The summed E-state index contributed by atoms with van der Waals surface area (Å²) in [6.45, 7) is 2.73. The van der Waals surface area contributed by atoms with Crippen LogP contribution in [-0.4, -0.2) is 38.1 Å². The molecule has 0 spiro atoms. The molecule has 0 heterocycles. The van der Waals surface area contributed by atoms with E-state index in [-0.39, 0.29) is 11.8 Å². The van der Waals surface area contributed by atoms with E-state index in [1.165, 1.54) is 6.07 Å². The molecule has 0 aliphatic heterocycles. The fourth-order valence-electron chi connectivity index (χ4n) is 2.24. The fourth-order valence-corrected chi connectivity index (χ4v) is 2.24. The van der Waals surface area contributed by atoms with Crippen molar-refractivity contribution >= 4 is 5.97 Å². The van der Waals surface area contributed by atoms with Crippen molar-refractivity contribution in [1.82, 2.24) is 4.90 Å². The molecule has 0 aromatic heterocycles. The second kappa shape index (κ2) is 7.88. The highest BCUT2D eigenvalue weighted by Crippen LogP contribution is 2.26. The Kier molecular flexibility index (Phi) is 5.88. The number of likely N-dealkylation sites (N-methyl/N-ethyl adjacent to an activating group) is 1. The van der Waals surface area contributed by atoms with E-state index in [0.717, 1.165) is 5.56 Å². The average molecular weight is 315 g/mol. The normalized spacial score (nSPS) is 12.2. The van der Waals surface area contributed by atoms with Crippen LogP contribution in [0.3, 0.4) is 0 Å². The maximum absolute atomic E-state index is 14.4. The highest BCUT2D eigenvalue weighted by atomic mass is 19.1. The molecule has 4 heteroatoms. The van der Waals surface area contributed by atoms with Crippen LogP contribution in [0.5, 0.6) is 0 Å². The second-order valence-electron chi connectivity index (χ2n) is 5.80. The summed E-state index contributed by atoms with van der Waals surface area (Å²) in [4.78, 5) is 14.0. The van der Waals surface area contributed by atoms with Crippen LogP contribution in [0.15, 0.2) is 48.5 Å². The van der Waals surface area contributed by atoms with Crippen LogP contribution in [0, 0.1) is 5.82 Å². The van der Waals surface area contributed by atoms with E-state index in [1.54, 1.807) is 19.1 Å². The van der Waals surface area contributed by atoms with Gasteiger partial charge in [-0.05, 0) is 38.2 Å². The topological polar surface area (TPSA) is 29.5 Å². The number of carbonyl (C=O) groups excluding carboxylic acids is 1. The van der Waals surface area contributed by atoms with Gasteiger partial charge in [0.05, 0.1) is 5.92 Å². The molecule has 2 rings (SSSR count). The molecular formula is C19H22FNO2. The highest BCUT2D eigenvalue weighted by Gasteiger charge is 2.18. The fraction of sp³-hybridized carbons (Fsp3) is 0.316. The summed E-state index contributed by atoms with van der Waals surface area (Å²) < 4.78 is 19.6. The summed E-state index contributed by atoms with van der Waals surface area (Å²) >= 11 is 0. The molecule has 0 N–H and O–H groups in total. The second-order valence-corrected chi connectivity index (χ2v) is 5.80. The van der Waals surface area contributed by atoms with Crippen molar-refractivity contribution < 1.29 is 13.9 Å². The zero-order valence-electron chi connectivity index (χ0n) is 13.8. The van der Waals surface area contributed by atoms with Crippen molar-refractivity contribution in [1.29, 1.82) is 0 Å². The van der Waals surface area contributed by atoms with Gasteiger partial charge in [0.1, 0.15) is 12.4 Å². The number of nitrogens with zero attached hydrogens (tertiary/aromatic N) is 1. The average Bonchev–Trinajstić information content (AvgIpc) is 2.54. The summed E-state index contributed by atoms with van der Waals surface area (Å²) in [5.41, 5.74) is 1.97. The van der Waals surface area contributed by atoms with Crippen molar-refractivity contribution in [3.63, 3.8) is 0 Å². The minimum atomic E-state index is -0.489. The first kappa shape index (κ1) is 17.2. The third-order valence-electron chi connectivity index (χ3n) is 3.71. The Bertz CT molecular complexity index is 656. The Balaban J connectivity index is 2.09. The number of rotatable bonds is 6. The molecule has 0 fully saturated rings. The van der Waals surface area contributed by atoms with Crippen molar-refractivity contribution in [3.8, 4) is 11.1 Å². The lowest BCUT2D eigenvalue weighted by atomic mass is 9.97. The number of hydrogen-bond donors (Lipinski definition) is 0. The largest absolute Gasteiger partial charge is 0.464 e. The number of carbonyl (C=O) groups is 1. The van der Waals surface area contributed by atoms with Crippen LogP contribution in [0.2, 0.25) is 0 Å². The third kappa shape index (κ3) is 4.63. The first-order valence-corrected chi connectivity index (χ1v) is 7.65. The van der Waals surface area contributed by atoms with Gasteiger partial charge in [-0.3, -0.25) is 4.79 Å². The lowest BCUT2D eigenvalue weighted by molar-refractivity contribution is -0.145. The van der Waals surface area contributed by atoms with Crippen LogP contribution in [0.25, 0.3) is 11.1 Å². The lowest BCUT2D eigenvalue weighted by Crippen LogP contribution is -2.22. The van der Waals surface area contributed by atoms with Crippen molar-refractivity contribution in [2.24, 2.45) is 0 Å². The lowest BCUT2D eigenvalue weighted by Gasteiger charge is -2.15. The van der Waals surface area contributed by atoms with Gasteiger partial charge >= 0.3 is 5.97 Å². The van der Waals surface area contributed by atoms with E-state index < -0.39 is 5.92 Å². The highest BCUT2D eigenvalue weighted by molar-refractivity contribution is 5.78. The van der Waals surface area contributed by atoms with Gasteiger partial charge < -0.3 is 9.64 Å². The molecule has 2 aromatic carbocycles. The van der Waals surface area contributed by atoms with Gasteiger partial charge in [0.2, 0.25) is 0 Å². The van der Waals surface area contributed by atoms with Gasteiger partial charge in [0.25, 0.3) is 0 Å². The molecule has 3 nitrogen and oxygen atoms in total. The Morgan fingerprint density at radius 3 is 2.48 bits per heavy atom. The first-order chi connectivity index (χ1) is 11.0. The minimum absolute atomic E-state index is 0.332. The summed E-state index contributed by atoms with van der Waals surface area (Å²) in [7, 11) is 3.82. The van der Waals surface area contributed by atoms with Gasteiger partial charge in [-0.25, -0.2) is 4.39 Å². The molecule has 0 radical (unpaired) electrons. The van der Waals surface area contributed by atoms with Gasteiger partial charge in [-0.15, -0.1) is 0 Å². The van der Waals surface area contributed by atoms with Crippen molar-refractivity contribution in [3.05, 3.63) is 59.9 Å². The number of hydrogen-bond acceptors (Lipinski definition) is 3. The summed E-state index contributed by atoms with van der Waals surface area (Å²) in [6.07, 6.45) is 0. The van der Waals surface area contributed by atoms with E-state index >= 15 is 0 Å². The van der Waals surface area contributed by atoms with E-state index in [4.69, 9.17) is 4.74 Å². The Hall–Kier alpha value is -2.20. The number of ether oxygens (including phenoxy) is 1. The first-order valence-electron chi connectivity index (χ1n) is 7.65. The molecule has 0 aliphatic rings. The molecule has 0 saturated heterocycles. The van der Waals surface area contributed by atoms with Crippen LogP contribution >= 0.6 is 0 Å². The molecule has 2 aromatic rings. The van der Waals surface area contributed by atoms with Crippen molar-refractivity contribution in [2.75, 3.05) is 27.2 Å². The van der Waals surface area contributed by atoms with E-state index in [9.17, 15) is 9.18 Å². The quantitative estimate of drug-likeness (QED) is 0.761. The molecule has 23 heavy (non-hydrogen) atoms. The standard InChI is InChI=1S/C19H22FNO2/c1-14(19(22)23-12-11-21(2)3)16-9-10-17(18(20)13-16)15-7-5-4-6-8-15/h4-10,13-14H,11-12H2,1-3H3/t14-/m0/s1. The number of benzene rings is 2. The predicted octanol–water partition coefficient (Wildman–Crippen LogP) is 3.70. The minimum Gasteiger partial charge on any atom is -0.464 e. The molecule has 1 atom stereocenters. The maximum Gasteiger partial charge on any atom is 0.313 e. The number of halogens is 1. The third-order valence-corrected chi connectivity index (χ3v) is 3.71. The van der Waals surface area contributed by atoms with Gasteiger partial charge in [-0.1, -0.05) is 42.5 Å². The Morgan fingerprint density at radius 1 is 1.17 bits per heavy atom. The molecular weight excluding hydrogens is 293 g/mol. The van der Waals surface area contributed by atoms with Gasteiger partial charge in [0, 0.05) is 12.1 Å². The van der Waals surface area contributed by atoms with Crippen LogP contribution < -0.4 is 0 Å². The Labute approximate surface area is 136 Å². The molecule has 0 bridgehead atoms. The summed E-state index contributed by atoms with van der Waals surface area (Å²) in [6, 6.07) is 14.3. The summed E-state index contributed by atoms with van der Waals surface area (Å²) in [5, 5.41) is 0. The van der Waals surface area contributed by atoms with E-state index in [1.807, 2.05) is 49.3 Å². The van der Waals surface area contributed by atoms with E-state index in [2.05, 4.69) is 0 Å². The molecule has 0 unspecified atom stereocenters. The zero-order valence-corrected chi connectivity index (χ0v) is 13.8. The van der Waals surface area contributed by atoms with Crippen LogP contribution in [0.1, 0.15) is 18.4 Å². The zero-order chi connectivity index (χ0) is 16.8. The van der Waals surface area contributed by atoms with Gasteiger partial charge in [-0.2, -0.15) is 0 Å². The Morgan fingerprint density at radius 2 is 1.87 bits per heavy atom.